The minimum absolute atomic E-state index is 0.460. The third-order valence-corrected chi connectivity index (χ3v) is 4.86. The van der Waals surface area contributed by atoms with Crippen molar-refractivity contribution in [2.75, 3.05) is 0 Å². The first kappa shape index (κ1) is 13.7. The van der Waals surface area contributed by atoms with E-state index in [9.17, 15) is 5.11 Å². The van der Waals surface area contributed by atoms with Gasteiger partial charge in [-0.2, -0.15) is 0 Å². The highest BCUT2D eigenvalue weighted by molar-refractivity contribution is 7.15. The van der Waals surface area contributed by atoms with Gasteiger partial charge >= 0.3 is 0 Å². The third kappa shape index (κ3) is 3.07. The third-order valence-electron chi connectivity index (χ3n) is 2.77. The molecule has 0 saturated heterocycles. The summed E-state index contributed by atoms with van der Waals surface area (Å²) < 4.78 is 0.586. The van der Waals surface area contributed by atoms with Crippen LogP contribution in [0.4, 0.5) is 0 Å². The van der Waals surface area contributed by atoms with Crippen molar-refractivity contribution in [3.63, 3.8) is 0 Å². The van der Waals surface area contributed by atoms with Gasteiger partial charge in [0.1, 0.15) is 15.4 Å². The van der Waals surface area contributed by atoms with Gasteiger partial charge in [-0.25, -0.2) is 9.97 Å². The molecule has 6 heteroatoms. The van der Waals surface area contributed by atoms with Crippen molar-refractivity contribution in [1.82, 2.24) is 9.97 Å². The monoisotopic (exact) mass is 322 g/mol. The maximum absolute atomic E-state index is 10.1. The largest absolute Gasteiger partial charge is 0.385 e. The highest BCUT2D eigenvalue weighted by Crippen LogP contribution is 2.28. The molecule has 20 heavy (non-hydrogen) atoms. The standard InChI is InChI=1S/C14H11ClN2OS2/c15-12-7-16-14(20-12)11(18)6-13-17-10(8-19-13)9-4-2-1-3-5-9/h1-5,7-8,11,18H,6H2. The van der Waals surface area contributed by atoms with Gasteiger partial charge < -0.3 is 5.11 Å². The minimum Gasteiger partial charge on any atom is -0.385 e. The van der Waals surface area contributed by atoms with Gasteiger partial charge in [-0.15, -0.1) is 22.7 Å². The quantitative estimate of drug-likeness (QED) is 0.783. The topological polar surface area (TPSA) is 46.0 Å². The van der Waals surface area contributed by atoms with Crippen molar-refractivity contribution in [1.29, 1.82) is 0 Å². The second-order valence-corrected chi connectivity index (χ2v) is 6.85. The molecule has 0 radical (unpaired) electrons. The second-order valence-electron chi connectivity index (χ2n) is 4.22. The van der Waals surface area contributed by atoms with E-state index in [2.05, 4.69) is 9.97 Å². The minimum atomic E-state index is -0.651. The van der Waals surface area contributed by atoms with Gasteiger partial charge in [0.05, 0.1) is 16.9 Å². The Morgan fingerprint density at radius 2 is 2.05 bits per heavy atom. The summed E-state index contributed by atoms with van der Waals surface area (Å²) in [4.78, 5) is 8.65. The molecule has 0 bridgehead atoms. The number of hydrogen-bond donors (Lipinski definition) is 1. The van der Waals surface area contributed by atoms with E-state index in [0.717, 1.165) is 16.3 Å². The Morgan fingerprint density at radius 1 is 1.25 bits per heavy atom. The molecular formula is C14H11ClN2OS2. The van der Waals surface area contributed by atoms with Gasteiger partial charge in [0.15, 0.2) is 0 Å². The Labute approximate surface area is 129 Å². The molecule has 0 aliphatic heterocycles. The first-order chi connectivity index (χ1) is 9.72. The first-order valence-electron chi connectivity index (χ1n) is 6.01. The van der Waals surface area contributed by atoms with Crippen LogP contribution in [0.15, 0.2) is 41.9 Å². The molecule has 0 amide bonds. The van der Waals surface area contributed by atoms with Crippen molar-refractivity contribution in [2.24, 2.45) is 0 Å². The fourth-order valence-electron chi connectivity index (χ4n) is 1.82. The maximum Gasteiger partial charge on any atom is 0.123 e. The Balaban J connectivity index is 1.74. The number of benzene rings is 1. The Kier molecular flexibility index (Phi) is 4.12. The molecule has 0 fully saturated rings. The molecule has 1 N–H and O–H groups in total. The molecule has 102 valence electrons. The molecule has 3 aromatic rings. The molecule has 0 aliphatic carbocycles. The fraction of sp³-hybridized carbons (Fsp3) is 0.143. The molecule has 1 atom stereocenters. The summed E-state index contributed by atoms with van der Waals surface area (Å²) in [5, 5.41) is 13.7. The number of aromatic nitrogens is 2. The fourth-order valence-corrected chi connectivity index (χ4v) is 3.58. The van der Waals surface area contributed by atoms with Crippen molar-refractivity contribution < 1.29 is 5.11 Å². The molecule has 1 aromatic carbocycles. The summed E-state index contributed by atoms with van der Waals surface area (Å²) in [6.45, 7) is 0. The van der Waals surface area contributed by atoms with E-state index < -0.39 is 6.10 Å². The van der Waals surface area contributed by atoms with E-state index in [4.69, 9.17) is 11.6 Å². The van der Waals surface area contributed by atoms with Crippen molar-refractivity contribution in [3.05, 3.63) is 56.3 Å². The van der Waals surface area contributed by atoms with Crippen LogP contribution in [0.2, 0.25) is 4.34 Å². The number of rotatable bonds is 4. The van der Waals surface area contributed by atoms with E-state index in [-0.39, 0.29) is 0 Å². The average Bonchev–Trinajstić information content (AvgIpc) is 3.09. The molecule has 3 nitrogen and oxygen atoms in total. The van der Waals surface area contributed by atoms with Crippen LogP contribution in [0.1, 0.15) is 16.1 Å². The van der Waals surface area contributed by atoms with Gasteiger partial charge in [-0.1, -0.05) is 41.9 Å². The zero-order valence-corrected chi connectivity index (χ0v) is 12.8. The number of thiazole rings is 2. The highest BCUT2D eigenvalue weighted by Gasteiger charge is 2.15. The maximum atomic E-state index is 10.1. The highest BCUT2D eigenvalue weighted by atomic mass is 35.5. The summed E-state index contributed by atoms with van der Waals surface area (Å²) in [6.07, 6.45) is 1.37. The lowest BCUT2D eigenvalue weighted by Gasteiger charge is -2.03. The Morgan fingerprint density at radius 3 is 2.75 bits per heavy atom. The smallest absolute Gasteiger partial charge is 0.123 e. The van der Waals surface area contributed by atoms with Gasteiger partial charge in [0.2, 0.25) is 0 Å². The number of aliphatic hydroxyl groups excluding tert-OH is 1. The lowest BCUT2D eigenvalue weighted by Crippen LogP contribution is -2.00. The first-order valence-corrected chi connectivity index (χ1v) is 8.09. The van der Waals surface area contributed by atoms with Crippen molar-refractivity contribution in [3.8, 4) is 11.3 Å². The number of halogens is 1. The van der Waals surface area contributed by atoms with Crippen LogP contribution in [-0.2, 0) is 6.42 Å². The van der Waals surface area contributed by atoms with Crippen LogP contribution in [0.3, 0.4) is 0 Å². The van der Waals surface area contributed by atoms with E-state index in [1.54, 1.807) is 17.5 Å². The molecule has 0 spiro atoms. The zero-order chi connectivity index (χ0) is 13.9. The molecule has 3 rings (SSSR count). The van der Waals surface area contributed by atoms with Crippen LogP contribution < -0.4 is 0 Å². The molecular weight excluding hydrogens is 312 g/mol. The van der Waals surface area contributed by atoms with Crippen LogP contribution in [0.25, 0.3) is 11.3 Å². The molecule has 0 aliphatic rings. The Bertz CT molecular complexity index is 696. The predicted octanol–water partition coefficient (Wildman–Crippen LogP) is 4.20. The SMILES string of the molecule is OC(Cc1nc(-c2ccccc2)cs1)c1ncc(Cl)s1. The summed E-state index contributed by atoms with van der Waals surface area (Å²) in [5.74, 6) is 0. The van der Waals surface area contributed by atoms with Crippen LogP contribution >= 0.6 is 34.3 Å². The number of aliphatic hydroxyl groups is 1. The van der Waals surface area contributed by atoms with Crippen molar-refractivity contribution >= 4 is 34.3 Å². The summed E-state index contributed by atoms with van der Waals surface area (Å²) in [7, 11) is 0. The second kappa shape index (κ2) is 6.01. The Hall–Kier alpha value is -1.27. The summed E-state index contributed by atoms with van der Waals surface area (Å²) >= 11 is 8.67. The van der Waals surface area contributed by atoms with E-state index >= 15 is 0 Å². The van der Waals surface area contributed by atoms with Gasteiger partial charge in [-0.05, 0) is 0 Å². The normalized spacial score (nSPS) is 12.5. The van der Waals surface area contributed by atoms with Crippen LogP contribution in [0.5, 0.6) is 0 Å². The number of hydrogen-bond acceptors (Lipinski definition) is 5. The van der Waals surface area contributed by atoms with Crippen LogP contribution in [-0.4, -0.2) is 15.1 Å². The van der Waals surface area contributed by atoms with Gasteiger partial charge in [0.25, 0.3) is 0 Å². The van der Waals surface area contributed by atoms with E-state index in [1.165, 1.54) is 11.3 Å². The van der Waals surface area contributed by atoms with Gasteiger partial charge in [-0.3, -0.25) is 0 Å². The van der Waals surface area contributed by atoms with Crippen LogP contribution in [0, 0.1) is 0 Å². The molecule has 0 saturated carbocycles. The van der Waals surface area contributed by atoms with E-state index in [1.807, 2.05) is 35.7 Å². The molecule has 2 heterocycles. The predicted molar refractivity (Wildman–Crippen MR) is 83.3 cm³/mol. The van der Waals surface area contributed by atoms with Crippen molar-refractivity contribution in [2.45, 2.75) is 12.5 Å². The summed E-state index contributed by atoms with van der Waals surface area (Å²) in [5.41, 5.74) is 2.02. The lowest BCUT2D eigenvalue weighted by atomic mass is 10.2. The summed E-state index contributed by atoms with van der Waals surface area (Å²) in [6, 6.07) is 10.00. The lowest BCUT2D eigenvalue weighted by molar-refractivity contribution is 0.178. The van der Waals surface area contributed by atoms with E-state index in [0.29, 0.717) is 15.8 Å². The molecule has 2 aromatic heterocycles. The zero-order valence-electron chi connectivity index (χ0n) is 10.4. The van der Waals surface area contributed by atoms with Gasteiger partial charge in [0, 0.05) is 17.4 Å². The number of nitrogens with zero attached hydrogens (tertiary/aromatic N) is 2. The average molecular weight is 323 g/mol. The molecule has 1 unspecified atom stereocenters.